The number of carbonyl (C=O) groups excluding carboxylic acids is 1. The number of hydrogen-bond acceptors (Lipinski definition) is 6. The zero-order valence-corrected chi connectivity index (χ0v) is 11.6. The van der Waals surface area contributed by atoms with Crippen molar-refractivity contribution < 1.29 is 18.8 Å². The van der Waals surface area contributed by atoms with Crippen LogP contribution in [0.25, 0.3) is 0 Å². The van der Waals surface area contributed by atoms with Crippen molar-refractivity contribution in [2.45, 2.75) is 25.6 Å². The number of aryl methyl sites for hydroxylation is 1. The highest BCUT2D eigenvalue weighted by molar-refractivity contribution is 5.91. The maximum absolute atomic E-state index is 11.9. The summed E-state index contributed by atoms with van der Waals surface area (Å²) in [5.74, 6) is 0.664. The first-order chi connectivity index (χ1) is 9.65. The number of hydrogen-bond donors (Lipinski definition) is 1. The van der Waals surface area contributed by atoms with Gasteiger partial charge in [0.15, 0.2) is 11.6 Å². The SMILES string of the molecule is Cc1cc(NC(=O)CN2CCC3(CC2)OCCO3)no1. The number of nitrogens with zero attached hydrogens (tertiary/aromatic N) is 2. The van der Waals surface area contributed by atoms with Gasteiger partial charge in [0.25, 0.3) is 0 Å². The summed E-state index contributed by atoms with van der Waals surface area (Å²) in [6.07, 6.45) is 1.62. The molecule has 3 heterocycles. The normalized spacial score (nSPS) is 22.2. The minimum Gasteiger partial charge on any atom is -0.360 e. The molecule has 1 aromatic heterocycles. The number of nitrogens with one attached hydrogen (secondary N) is 1. The molecular weight excluding hydrogens is 262 g/mol. The Morgan fingerprint density at radius 2 is 2.10 bits per heavy atom. The first-order valence-electron chi connectivity index (χ1n) is 6.89. The van der Waals surface area contributed by atoms with E-state index in [1.807, 2.05) is 0 Å². The Bertz CT molecular complexity index is 472. The third-order valence-corrected chi connectivity index (χ3v) is 3.69. The Hall–Kier alpha value is -1.44. The minimum atomic E-state index is -0.393. The second kappa shape index (κ2) is 5.51. The molecule has 1 aromatic rings. The van der Waals surface area contributed by atoms with Crippen LogP contribution in [0.3, 0.4) is 0 Å². The average Bonchev–Trinajstić information content (AvgIpc) is 3.03. The molecule has 0 bridgehead atoms. The number of carbonyl (C=O) groups is 1. The summed E-state index contributed by atoms with van der Waals surface area (Å²) in [6, 6.07) is 1.70. The molecule has 2 saturated heterocycles. The van der Waals surface area contributed by atoms with Gasteiger partial charge in [-0.3, -0.25) is 9.69 Å². The topological polar surface area (TPSA) is 76.8 Å². The molecule has 3 rings (SSSR count). The van der Waals surface area contributed by atoms with Gasteiger partial charge in [-0.15, -0.1) is 0 Å². The lowest BCUT2D eigenvalue weighted by Crippen LogP contribution is -2.47. The van der Waals surface area contributed by atoms with E-state index in [1.165, 1.54) is 0 Å². The number of rotatable bonds is 3. The van der Waals surface area contributed by atoms with E-state index in [0.717, 1.165) is 25.9 Å². The first-order valence-corrected chi connectivity index (χ1v) is 6.89. The van der Waals surface area contributed by atoms with Crippen molar-refractivity contribution in [3.63, 3.8) is 0 Å². The fourth-order valence-electron chi connectivity index (χ4n) is 2.65. The molecular formula is C13H19N3O4. The second-order valence-corrected chi connectivity index (χ2v) is 5.25. The van der Waals surface area contributed by atoms with Gasteiger partial charge in [-0.2, -0.15) is 0 Å². The van der Waals surface area contributed by atoms with Crippen molar-refractivity contribution in [2.75, 3.05) is 38.2 Å². The van der Waals surface area contributed by atoms with E-state index in [1.54, 1.807) is 13.0 Å². The molecule has 2 aliphatic rings. The number of ether oxygens (including phenoxy) is 2. The summed E-state index contributed by atoms with van der Waals surface area (Å²) in [6.45, 7) is 5.07. The van der Waals surface area contributed by atoms with E-state index in [4.69, 9.17) is 14.0 Å². The van der Waals surface area contributed by atoms with Crippen LogP contribution in [0.1, 0.15) is 18.6 Å². The van der Waals surface area contributed by atoms with Crippen LogP contribution in [-0.4, -0.2) is 54.6 Å². The Morgan fingerprint density at radius 1 is 1.40 bits per heavy atom. The third-order valence-electron chi connectivity index (χ3n) is 3.69. The molecule has 110 valence electrons. The maximum Gasteiger partial charge on any atom is 0.239 e. The zero-order chi connectivity index (χ0) is 14.0. The van der Waals surface area contributed by atoms with Crippen molar-refractivity contribution in [3.05, 3.63) is 11.8 Å². The van der Waals surface area contributed by atoms with Crippen LogP contribution in [0.2, 0.25) is 0 Å². The van der Waals surface area contributed by atoms with Crippen molar-refractivity contribution >= 4 is 11.7 Å². The Balaban J connectivity index is 1.46. The van der Waals surface area contributed by atoms with E-state index in [2.05, 4.69) is 15.4 Å². The van der Waals surface area contributed by atoms with Gasteiger partial charge in [-0.1, -0.05) is 5.16 Å². The monoisotopic (exact) mass is 281 g/mol. The average molecular weight is 281 g/mol. The van der Waals surface area contributed by atoms with E-state index < -0.39 is 5.79 Å². The molecule has 0 aromatic carbocycles. The summed E-state index contributed by atoms with van der Waals surface area (Å²) in [5, 5.41) is 6.46. The molecule has 2 fully saturated rings. The van der Waals surface area contributed by atoms with Crippen LogP contribution >= 0.6 is 0 Å². The van der Waals surface area contributed by atoms with Gasteiger partial charge in [0.2, 0.25) is 5.91 Å². The van der Waals surface area contributed by atoms with E-state index in [9.17, 15) is 4.79 Å². The highest BCUT2D eigenvalue weighted by Crippen LogP contribution is 2.31. The van der Waals surface area contributed by atoms with Gasteiger partial charge in [0.05, 0.1) is 19.8 Å². The highest BCUT2D eigenvalue weighted by atomic mass is 16.7. The molecule has 1 N–H and O–H groups in total. The standard InChI is InChI=1S/C13H19N3O4/c1-10-8-11(15-20-10)14-12(17)9-16-4-2-13(3-5-16)18-6-7-19-13/h8H,2-7,9H2,1H3,(H,14,15,17). The molecule has 1 amide bonds. The maximum atomic E-state index is 11.9. The Labute approximate surface area is 117 Å². The van der Waals surface area contributed by atoms with Gasteiger partial charge >= 0.3 is 0 Å². The third kappa shape index (κ3) is 3.00. The predicted octanol–water partition coefficient (Wildman–Crippen LogP) is 0.760. The largest absolute Gasteiger partial charge is 0.360 e. The number of amides is 1. The van der Waals surface area contributed by atoms with Crippen molar-refractivity contribution in [2.24, 2.45) is 0 Å². The fraction of sp³-hybridized carbons (Fsp3) is 0.692. The van der Waals surface area contributed by atoms with Gasteiger partial charge in [0.1, 0.15) is 5.76 Å². The van der Waals surface area contributed by atoms with Gasteiger partial charge < -0.3 is 19.3 Å². The summed E-state index contributed by atoms with van der Waals surface area (Å²) in [4.78, 5) is 14.0. The molecule has 0 saturated carbocycles. The Morgan fingerprint density at radius 3 is 2.70 bits per heavy atom. The van der Waals surface area contributed by atoms with Crippen LogP contribution < -0.4 is 5.32 Å². The lowest BCUT2D eigenvalue weighted by atomic mass is 10.0. The number of anilines is 1. The van der Waals surface area contributed by atoms with E-state index in [0.29, 0.717) is 31.3 Å². The zero-order valence-electron chi connectivity index (χ0n) is 11.6. The minimum absolute atomic E-state index is 0.0810. The molecule has 0 aliphatic carbocycles. The summed E-state index contributed by atoms with van der Waals surface area (Å²) in [5.41, 5.74) is 0. The second-order valence-electron chi connectivity index (χ2n) is 5.25. The first kappa shape index (κ1) is 13.5. The molecule has 7 heteroatoms. The fourth-order valence-corrected chi connectivity index (χ4v) is 2.65. The van der Waals surface area contributed by atoms with Crippen LogP contribution in [0.15, 0.2) is 10.6 Å². The molecule has 0 radical (unpaired) electrons. The van der Waals surface area contributed by atoms with Crippen molar-refractivity contribution in [1.29, 1.82) is 0 Å². The smallest absolute Gasteiger partial charge is 0.239 e. The number of likely N-dealkylation sites (tertiary alicyclic amines) is 1. The highest BCUT2D eigenvalue weighted by Gasteiger charge is 2.39. The summed E-state index contributed by atoms with van der Waals surface area (Å²) >= 11 is 0. The van der Waals surface area contributed by atoms with Gasteiger partial charge in [0, 0.05) is 32.0 Å². The lowest BCUT2D eigenvalue weighted by Gasteiger charge is -2.37. The number of aromatic nitrogens is 1. The quantitative estimate of drug-likeness (QED) is 0.881. The molecule has 7 nitrogen and oxygen atoms in total. The molecule has 2 aliphatic heterocycles. The number of piperidine rings is 1. The molecule has 1 spiro atoms. The van der Waals surface area contributed by atoms with Crippen LogP contribution in [0, 0.1) is 6.92 Å². The Kier molecular flexibility index (Phi) is 3.73. The lowest BCUT2D eigenvalue weighted by molar-refractivity contribution is -0.185. The molecule has 0 atom stereocenters. The van der Waals surface area contributed by atoms with Crippen LogP contribution in [-0.2, 0) is 14.3 Å². The van der Waals surface area contributed by atoms with Gasteiger partial charge in [-0.25, -0.2) is 0 Å². The van der Waals surface area contributed by atoms with Crippen LogP contribution in [0.5, 0.6) is 0 Å². The van der Waals surface area contributed by atoms with Gasteiger partial charge in [-0.05, 0) is 6.92 Å². The predicted molar refractivity (Wildman–Crippen MR) is 70.2 cm³/mol. The summed E-state index contributed by atoms with van der Waals surface area (Å²) in [7, 11) is 0. The van der Waals surface area contributed by atoms with Crippen LogP contribution in [0.4, 0.5) is 5.82 Å². The van der Waals surface area contributed by atoms with E-state index in [-0.39, 0.29) is 5.91 Å². The van der Waals surface area contributed by atoms with Crippen molar-refractivity contribution in [3.8, 4) is 0 Å². The molecule has 0 unspecified atom stereocenters. The molecule has 20 heavy (non-hydrogen) atoms. The summed E-state index contributed by atoms with van der Waals surface area (Å²) < 4.78 is 16.2. The van der Waals surface area contributed by atoms with E-state index >= 15 is 0 Å². The van der Waals surface area contributed by atoms with Crippen molar-refractivity contribution in [1.82, 2.24) is 10.1 Å².